The zero-order valence-corrected chi connectivity index (χ0v) is 20.3. The number of non-ortho nitro benzene ring substituents is 1. The number of nitro groups is 1. The Kier molecular flexibility index (Phi) is 7.94. The zero-order valence-electron chi connectivity index (χ0n) is 19.5. The topological polar surface area (TPSA) is 91.6 Å². The molecule has 0 bridgehead atoms. The Hall–Kier alpha value is -3.70. The summed E-state index contributed by atoms with van der Waals surface area (Å²) in [4.78, 5) is 31.7. The van der Waals surface area contributed by atoms with E-state index in [0.29, 0.717) is 36.0 Å². The summed E-state index contributed by atoms with van der Waals surface area (Å²) in [5.74, 6) is -0.198. The molecule has 194 valence electrons. The number of nitro benzene ring substituents is 1. The van der Waals surface area contributed by atoms with Gasteiger partial charge in [0.1, 0.15) is 5.82 Å². The number of carbonyl (C=O) groups excluding carboxylic acids is 1. The van der Waals surface area contributed by atoms with E-state index < -0.39 is 28.1 Å². The van der Waals surface area contributed by atoms with Gasteiger partial charge in [0, 0.05) is 49.9 Å². The van der Waals surface area contributed by atoms with Crippen LogP contribution < -0.4 is 10.2 Å². The molecule has 1 saturated heterocycles. The van der Waals surface area contributed by atoms with E-state index in [9.17, 15) is 28.1 Å². The molecule has 0 saturated carbocycles. The van der Waals surface area contributed by atoms with Crippen molar-refractivity contribution in [2.45, 2.75) is 19.1 Å². The number of alkyl halides is 3. The lowest BCUT2D eigenvalue weighted by atomic mass is 10.1. The van der Waals surface area contributed by atoms with Crippen LogP contribution in [0.3, 0.4) is 0 Å². The second-order valence-electron chi connectivity index (χ2n) is 8.55. The highest BCUT2D eigenvalue weighted by molar-refractivity contribution is 6.31. The summed E-state index contributed by atoms with van der Waals surface area (Å²) in [5.41, 5.74) is -0.501. The van der Waals surface area contributed by atoms with Crippen molar-refractivity contribution in [3.63, 3.8) is 0 Å². The first kappa shape index (κ1) is 26.4. The molecule has 1 aliphatic rings. The Balaban J connectivity index is 1.38. The molecule has 1 fully saturated rings. The lowest BCUT2D eigenvalue weighted by molar-refractivity contribution is -0.384. The molecule has 1 amide bonds. The SMILES string of the molecule is O=C(Nc1ccc(N2CCCN(Cc3cc([N+](=O)[O-])ccc3Cl)CC2)nc1)c1ccccc1C(F)(F)F. The lowest BCUT2D eigenvalue weighted by Gasteiger charge is -2.23. The van der Waals surface area contributed by atoms with E-state index >= 15 is 0 Å². The highest BCUT2D eigenvalue weighted by atomic mass is 35.5. The molecular weight excluding hydrogens is 511 g/mol. The number of pyridine rings is 1. The monoisotopic (exact) mass is 533 g/mol. The number of hydrogen-bond acceptors (Lipinski definition) is 6. The fraction of sp³-hybridized carbons (Fsp3) is 0.280. The van der Waals surface area contributed by atoms with E-state index in [1.54, 1.807) is 12.1 Å². The van der Waals surface area contributed by atoms with Crippen LogP contribution in [0, 0.1) is 10.1 Å². The van der Waals surface area contributed by atoms with Gasteiger partial charge in [-0.2, -0.15) is 13.2 Å². The molecule has 37 heavy (non-hydrogen) atoms. The normalized spacial score (nSPS) is 14.8. The van der Waals surface area contributed by atoms with E-state index in [-0.39, 0.29) is 11.4 Å². The van der Waals surface area contributed by atoms with Crippen molar-refractivity contribution < 1.29 is 22.9 Å². The Morgan fingerprint density at radius 3 is 2.57 bits per heavy atom. The van der Waals surface area contributed by atoms with Crippen LogP contribution in [-0.2, 0) is 12.7 Å². The van der Waals surface area contributed by atoms with Crippen molar-refractivity contribution >= 4 is 34.7 Å². The quantitative estimate of drug-likeness (QED) is 0.326. The first-order valence-corrected chi connectivity index (χ1v) is 11.8. The van der Waals surface area contributed by atoms with Crippen LogP contribution in [0.1, 0.15) is 27.9 Å². The highest BCUT2D eigenvalue weighted by Gasteiger charge is 2.34. The maximum Gasteiger partial charge on any atom is 0.417 e. The summed E-state index contributed by atoms with van der Waals surface area (Å²) in [5, 5.41) is 14.0. The van der Waals surface area contributed by atoms with Crippen molar-refractivity contribution in [3.05, 3.63) is 92.6 Å². The molecule has 1 aromatic heterocycles. The second-order valence-corrected chi connectivity index (χ2v) is 8.96. The Morgan fingerprint density at radius 2 is 1.86 bits per heavy atom. The standard InChI is InChI=1S/C25H23ClF3N5O3/c26-22-8-7-19(34(36)37)14-17(22)16-32-10-3-11-33(13-12-32)23-9-6-18(15-30-23)31-24(35)20-4-1-2-5-21(20)25(27,28)29/h1-2,4-9,14-15H,3,10-13,16H2,(H,31,35). The third-order valence-corrected chi connectivity index (χ3v) is 6.40. The number of anilines is 2. The van der Waals surface area contributed by atoms with Gasteiger partial charge >= 0.3 is 6.18 Å². The van der Waals surface area contributed by atoms with Gasteiger partial charge in [-0.25, -0.2) is 4.98 Å². The number of nitrogens with zero attached hydrogens (tertiary/aromatic N) is 4. The number of hydrogen-bond donors (Lipinski definition) is 1. The van der Waals surface area contributed by atoms with Gasteiger partial charge in [-0.1, -0.05) is 23.7 Å². The van der Waals surface area contributed by atoms with E-state index in [2.05, 4.69) is 20.1 Å². The van der Waals surface area contributed by atoms with Crippen LogP contribution >= 0.6 is 11.6 Å². The molecule has 2 heterocycles. The number of carbonyl (C=O) groups is 1. The van der Waals surface area contributed by atoms with Gasteiger partial charge in [0.25, 0.3) is 11.6 Å². The average molecular weight is 534 g/mol. The van der Waals surface area contributed by atoms with Crippen molar-refractivity contribution in [1.82, 2.24) is 9.88 Å². The predicted molar refractivity (Wildman–Crippen MR) is 134 cm³/mol. The predicted octanol–water partition coefficient (Wildman–Crippen LogP) is 5.63. The van der Waals surface area contributed by atoms with Gasteiger partial charge in [-0.3, -0.25) is 19.8 Å². The van der Waals surface area contributed by atoms with Crippen LogP contribution in [-0.4, -0.2) is 46.9 Å². The first-order valence-electron chi connectivity index (χ1n) is 11.5. The average Bonchev–Trinajstić information content (AvgIpc) is 3.11. The minimum Gasteiger partial charge on any atom is -0.355 e. The molecule has 0 unspecified atom stereocenters. The molecule has 0 spiro atoms. The number of halogens is 4. The van der Waals surface area contributed by atoms with E-state index in [4.69, 9.17) is 11.6 Å². The second kappa shape index (κ2) is 11.1. The molecule has 8 nitrogen and oxygen atoms in total. The first-order chi connectivity index (χ1) is 17.6. The summed E-state index contributed by atoms with van der Waals surface area (Å²) in [6, 6.07) is 12.3. The van der Waals surface area contributed by atoms with Gasteiger partial charge in [0.05, 0.1) is 27.9 Å². The fourth-order valence-electron chi connectivity index (χ4n) is 4.17. The third kappa shape index (κ3) is 6.55. The van der Waals surface area contributed by atoms with Gasteiger partial charge in [0.15, 0.2) is 0 Å². The summed E-state index contributed by atoms with van der Waals surface area (Å²) >= 11 is 6.25. The van der Waals surface area contributed by atoms with E-state index in [1.807, 2.05) is 0 Å². The van der Waals surface area contributed by atoms with Gasteiger partial charge < -0.3 is 10.2 Å². The summed E-state index contributed by atoms with van der Waals surface area (Å²) < 4.78 is 39.7. The number of nitrogens with one attached hydrogen (secondary N) is 1. The van der Waals surface area contributed by atoms with Crippen molar-refractivity contribution in [3.8, 4) is 0 Å². The minimum absolute atomic E-state index is 0.00544. The molecule has 12 heteroatoms. The Labute approximate surface area is 215 Å². The third-order valence-electron chi connectivity index (χ3n) is 6.03. The van der Waals surface area contributed by atoms with Gasteiger partial charge in [-0.05, 0) is 42.3 Å². The molecule has 1 N–H and O–H groups in total. The van der Waals surface area contributed by atoms with Crippen molar-refractivity contribution in [2.75, 3.05) is 36.4 Å². The fourth-order valence-corrected chi connectivity index (χ4v) is 4.35. The number of amides is 1. The zero-order chi connectivity index (χ0) is 26.6. The molecule has 4 rings (SSSR count). The Morgan fingerprint density at radius 1 is 1.08 bits per heavy atom. The van der Waals surface area contributed by atoms with Crippen LogP contribution in [0.5, 0.6) is 0 Å². The number of rotatable bonds is 6. The van der Waals surface area contributed by atoms with Crippen LogP contribution in [0.15, 0.2) is 60.8 Å². The molecular formula is C25H23ClF3N5O3. The maximum absolute atomic E-state index is 13.2. The number of benzene rings is 2. The lowest BCUT2D eigenvalue weighted by Crippen LogP contribution is -2.31. The smallest absolute Gasteiger partial charge is 0.355 e. The number of aromatic nitrogens is 1. The van der Waals surface area contributed by atoms with Crippen molar-refractivity contribution in [1.29, 1.82) is 0 Å². The Bertz CT molecular complexity index is 1290. The van der Waals surface area contributed by atoms with Gasteiger partial charge in [-0.15, -0.1) is 0 Å². The molecule has 2 aromatic carbocycles. The molecule has 0 radical (unpaired) electrons. The molecule has 0 aliphatic carbocycles. The highest BCUT2D eigenvalue weighted by Crippen LogP contribution is 2.32. The molecule has 1 aliphatic heterocycles. The van der Waals surface area contributed by atoms with Crippen LogP contribution in [0.2, 0.25) is 5.02 Å². The van der Waals surface area contributed by atoms with Crippen molar-refractivity contribution in [2.24, 2.45) is 0 Å². The minimum atomic E-state index is -4.64. The van der Waals surface area contributed by atoms with Gasteiger partial charge in [0.2, 0.25) is 0 Å². The van der Waals surface area contributed by atoms with Crippen LogP contribution in [0.4, 0.5) is 30.4 Å². The molecule has 0 atom stereocenters. The summed E-state index contributed by atoms with van der Waals surface area (Å²) in [6.45, 7) is 3.28. The maximum atomic E-state index is 13.2. The largest absolute Gasteiger partial charge is 0.417 e. The van der Waals surface area contributed by atoms with E-state index in [1.165, 1.54) is 36.5 Å². The molecule has 3 aromatic rings. The summed E-state index contributed by atoms with van der Waals surface area (Å²) in [6.07, 6.45) is -2.41. The summed E-state index contributed by atoms with van der Waals surface area (Å²) in [7, 11) is 0. The van der Waals surface area contributed by atoms with Crippen LogP contribution in [0.25, 0.3) is 0 Å². The van der Waals surface area contributed by atoms with E-state index in [0.717, 1.165) is 31.6 Å².